The van der Waals surface area contributed by atoms with E-state index in [0.717, 1.165) is 13.0 Å². The van der Waals surface area contributed by atoms with Crippen molar-refractivity contribution in [2.45, 2.75) is 25.3 Å². The predicted molar refractivity (Wildman–Crippen MR) is 92.6 cm³/mol. The molecule has 1 amide bonds. The summed E-state index contributed by atoms with van der Waals surface area (Å²) in [6.45, 7) is -0.101. The Kier molecular flexibility index (Phi) is 4.05. The maximum Gasteiger partial charge on any atom is 0.278 e. The van der Waals surface area contributed by atoms with E-state index in [1.807, 2.05) is 0 Å². The fourth-order valence-corrected chi connectivity index (χ4v) is 3.12. The van der Waals surface area contributed by atoms with Gasteiger partial charge in [0.1, 0.15) is 17.2 Å². The van der Waals surface area contributed by atoms with Gasteiger partial charge >= 0.3 is 0 Å². The Bertz CT molecular complexity index is 1010. The first-order chi connectivity index (χ1) is 12.8. The zero-order valence-electron chi connectivity index (χ0n) is 14.4. The standard InChI is InChI=1S/C19H16F3N3O2/c1-19(21,22)11-27-13-2-3-14(15(20)9-13)16-10-18(26)25(16)12-4-6-24-7-5-23-17(24)8-12/h2-9,16H,10-11H2,1H3. The Hall–Kier alpha value is -3.03. The molecule has 3 heterocycles. The number of nitrogens with zero attached hydrogens (tertiary/aromatic N) is 3. The van der Waals surface area contributed by atoms with Crippen LogP contribution in [0.2, 0.25) is 0 Å². The molecule has 140 valence electrons. The number of alkyl halides is 2. The van der Waals surface area contributed by atoms with Gasteiger partial charge in [0.2, 0.25) is 5.91 Å². The van der Waals surface area contributed by atoms with E-state index in [4.69, 9.17) is 4.74 Å². The van der Waals surface area contributed by atoms with E-state index in [2.05, 4.69) is 4.98 Å². The summed E-state index contributed by atoms with van der Waals surface area (Å²) in [6.07, 6.45) is 5.38. The van der Waals surface area contributed by atoms with Crippen molar-refractivity contribution in [2.75, 3.05) is 11.5 Å². The minimum Gasteiger partial charge on any atom is -0.487 e. The normalized spacial score (nSPS) is 17.3. The lowest BCUT2D eigenvalue weighted by atomic mass is 9.92. The highest BCUT2D eigenvalue weighted by atomic mass is 19.3. The van der Waals surface area contributed by atoms with Crippen molar-refractivity contribution in [1.82, 2.24) is 9.38 Å². The minimum absolute atomic E-state index is 0.0220. The molecule has 0 aliphatic carbocycles. The lowest BCUT2D eigenvalue weighted by Gasteiger charge is -2.40. The first kappa shape index (κ1) is 17.4. The number of hydrogen-bond acceptors (Lipinski definition) is 3. The molecule has 0 saturated carbocycles. The molecular weight excluding hydrogens is 359 g/mol. The summed E-state index contributed by atoms with van der Waals surface area (Å²) in [6, 6.07) is 7.02. The molecule has 0 spiro atoms. The highest BCUT2D eigenvalue weighted by Crippen LogP contribution is 2.40. The van der Waals surface area contributed by atoms with Crippen LogP contribution in [0.1, 0.15) is 24.9 Å². The van der Waals surface area contributed by atoms with Crippen LogP contribution < -0.4 is 9.64 Å². The molecule has 1 fully saturated rings. The van der Waals surface area contributed by atoms with E-state index >= 15 is 0 Å². The molecule has 1 atom stereocenters. The number of carbonyl (C=O) groups excluding carboxylic acids is 1. The minimum atomic E-state index is -3.00. The van der Waals surface area contributed by atoms with Gasteiger partial charge in [-0.05, 0) is 12.1 Å². The molecule has 4 rings (SSSR count). The molecule has 27 heavy (non-hydrogen) atoms. The van der Waals surface area contributed by atoms with E-state index in [0.29, 0.717) is 16.9 Å². The van der Waals surface area contributed by atoms with E-state index in [1.54, 1.807) is 35.1 Å². The summed E-state index contributed by atoms with van der Waals surface area (Å²) in [5, 5.41) is 0. The number of halogens is 3. The van der Waals surface area contributed by atoms with Crippen LogP contribution in [0.25, 0.3) is 5.65 Å². The number of benzene rings is 1. The smallest absolute Gasteiger partial charge is 0.278 e. The van der Waals surface area contributed by atoms with Crippen LogP contribution in [0.4, 0.5) is 18.9 Å². The van der Waals surface area contributed by atoms with Crippen LogP contribution in [-0.4, -0.2) is 27.8 Å². The average Bonchev–Trinajstić information content (AvgIpc) is 3.05. The Morgan fingerprint density at radius 2 is 2.07 bits per heavy atom. The van der Waals surface area contributed by atoms with Crippen LogP contribution in [-0.2, 0) is 4.79 Å². The molecule has 0 bridgehead atoms. The van der Waals surface area contributed by atoms with Gasteiger partial charge < -0.3 is 14.0 Å². The fraction of sp³-hybridized carbons (Fsp3) is 0.263. The number of pyridine rings is 1. The lowest BCUT2D eigenvalue weighted by molar-refractivity contribution is -0.124. The molecule has 1 aliphatic heterocycles. The van der Waals surface area contributed by atoms with E-state index < -0.39 is 24.4 Å². The van der Waals surface area contributed by atoms with Crippen LogP contribution >= 0.6 is 0 Å². The van der Waals surface area contributed by atoms with E-state index in [1.165, 1.54) is 17.0 Å². The third-order valence-electron chi connectivity index (χ3n) is 4.43. The molecule has 1 saturated heterocycles. The highest BCUT2D eigenvalue weighted by Gasteiger charge is 2.40. The highest BCUT2D eigenvalue weighted by molar-refractivity contribution is 6.01. The molecule has 2 aromatic heterocycles. The monoisotopic (exact) mass is 375 g/mol. The molecular formula is C19H16F3N3O2. The summed E-state index contributed by atoms with van der Waals surface area (Å²) in [5.74, 6) is -3.70. The van der Waals surface area contributed by atoms with Crippen molar-refractivity contribution >= 4 is 17.2 Å². The van der Waals surface area contributed by atoms with Crippen LogP contribution in [0.5, 0.6) is 5.75 Å². The first-order valence-corrected chi connectivity index (χ1v) is 8.37. The Balaban J connectivity index is 1.58. The Morgan fingerprint density at radius 1 is 1.26 bits per heavy atom. The zero-order valence-corrected chi connectivity index (χ0v) is 14.4. The van der Waals surface area contributed by atoms with Gasteiger partial charge in [-0.15, -0.1) is 0 Å². The second kappa shape index (κ2) is 6.29. The number of rotatable bonds is 5. The molecule has 5 nitrogen and oxygen atoms in total. The maximum atomic E-state index is 14.5. The van der Waals surface area contributed by atoms with Crippen molar-refractivity contribution in [1.29, 1.82) is 0 Å². The maximum absolute atomic E-state index is 14.5. The second-order valence-electron chi connectivity index (χ2n) is 6.60. The number of fused-ring (bicyclic) bond motifs is 1. The van der Waals surface area contributed by atoms with Gasteiger partial charge in [0.05, 0.1) is 12.5 Å². The second-order valence-corrected chi connectivity index (χ2v) is 6.60. The number of amides is 1. The zero-order chi connectivity index (χ0) is 19.2. The van der Waals surface area contributed by atoms with Crippen molar-refractivity contribution in [3.63, 3.8) is 0 Å². The van der Waals surface area contributed by atoms with E-state index in [-0.39, 0.29) is 18.1 Å². The number of aromatic nitrogens is 2. The number of ether oxygens (including phenoxy) is 1. The first-order valence-electron chi connectivity index (χ1n) is 8.37. The molecule has 0 radical (unpaired) electrons. The fourth-order valence-electron chi connectivity index (χ4n) is 3.12. The van der Waals surface area contributed by atoms with Crippen LogP contribution in [0.15, 0.2) is 48.9 Å². The summed E-state index contributed by atoms with van der Waals surface area (Å²) in [5.41, 5.74) is 1.62. The van der Waals surface area contributed by atoms with Crippen molar-refractivity contribution in [2.24, 2.45) is 0 Å². The van der Waals surface area contributed by atoms with Gasteiger partial charge in [0, 0.05) is 48.9 Å². The largest absolute Gasteiger partial charge is 0.487 e. The molecule has 3 aromatic rings. The average molecular weight is 375 g/mol. The summed E-state index contributed by atoms with van der Waals surface area (Å²) < 4.78 is 47.0. The third-order valence-corrected chi connectivity index (χ3v) is 4.43. The molecule has 8 heteroatoms. The van der Waals surface area contributed by atoms with Crippen molar-refractivity contribution in [3.8, 4) is 5.75 Å². The van der Waals surface area contributed by atoms with Gasteiger partial charge in [-0.2, -0.15) is 0 Å². The van der Waals surface area contributed by atoms with Gasteiger partial charge in [-0.1, -0.05) is 6.07 Å². The Morgan fingerprint density at radius 3 is 2.78 bits per heavy atom. The SMILES string of the molecule is CC(F)(F)COc1ccc(C2CC(=O)N2c2ccn3ccnc3c2)c(F)c1. The van der Waals surface area contributed by atoms with E-state index in [9.17, 15) is 18.0 Å². The number of imidazole rings is 1. The number of β-lactam (4-membered cyclic amide) rings is 1. The predicted octanol–water partition coefficient (Wildman–Crippen LogP) is 3.99. The van der Waals surface area contributed by atoms with Crippen LogP contribution in [0, 0.1) is 5.82 Å². The Labute approximate surface area is 153 Å². The number of hydrogen-bond donors (Lipinski definition) is 0. The molecule has 1 aromatic carbocycles. The van der Waals surface area contributed by atoms with Gasteiger partial charge in [-0.25, -0.2) is 18.2 Å². The topological polar surface area (TPSA) is 46.8 Å². The number of anilines is 1. The summed E-state index contributed by atoms with van der Waals surface area (Å²) >= 11 is 0. The van der Waals surface area contributed by atoms with Crippen LogP contribution in [0.3, 0.4) is 0 Å². The van der Waals surface area contributed by atoms with Gasteiger partial charge in [0.15, 0.2) is 6.61 Å². The lowest BCUT2D eigenvalue weighted by Crippen LogP contribution is -2.47. The number of carbonyl (C=O) groups is 1. The van der Waals surface area contributed by atoms with Crippen molar-refractivity contribution in [3.05, 3.63) is 60.3 Å². The summed E-state index contributed by atoms with van der Waals surface area (Å²) in [4.78, 5) is 17.8. The van der Waals surface area contributed by atoms with Gasteiger partial charge in [-0.3, -0.25) is 4.79 Å². The summed E-state index contributed by atoms with van der Waals surface area (Å²) in [7, 11) is 0. The van der Waals surface area contributed by atoms with Gasteiger partial charge in [0.25, 0.3) is 5.92 Å². The molecule has 1 unspecified atom stereocenters. The molecule has 0 N–H and O–H groups in total. The van der Waals surface area contributed by atoms with Crippen molar-refractivity contribution < 1.29 is 22.7 Å². The molecule has 1 aliphatic rings. The third kappa shape index (κ3) is 3.34. The quantitative estimate of drug-likeness (QED) is 0.634.